The Morgan fingerprint density at radius 1 is 1.26 bits per heavy atom. The minimum Gasteiger partial charge on any atom is -0.493 e. The molecule has 1 spiro atoms. The van der Waals surface area contributed by atoms with E-state index in [0.717, 1.165) is 57.7 Å². The van der Waals surface area contributed by atoms with Crippen LogP contribution < -0.4 is 20.1 Å². The van der Waals surface area contributed by atoms with E-state index in [1.54, 1.807) is 7.11 Å². The molecule has 1 aromatic rings. The third kappa shape index (κ3) is 4.74. The molecule has 0 aromatic heterocycles. The molecule has 0 radical (unpaired) electrons. The molecule has 2 fully saturated rings. The number of benzene rings is 1. The summed E-state index contributed by atoms with van der Waals surface area (Å²) in [5, 5.41) is 6.46. The van der Waals surface area contributed by atoms with Crippen LogP contribution in [0.1, 0.15) is 33.1 Å². The summed E-state index contributed by atoms with van der Waals surface area (Å²) in [6.45, 7) is 9.81. The predicted octanol–water partition coefficient (Wildman–Crippen LogP) is 2.74. The van der Waals surface area contributed by atoms with Crippen molar-refractivity contribution in [1.82, 2.24) is 10.2 Å². The van der Waals surface area contributed by atoms with Gasteiger partial charge in [-0.25, -0.2) is 0 Å². The fourth-order valence-electron chi connectivity index (χ4n) is 4.12. The summed E-state index contributed by atoms with van der Waals surface area (Å²) in [5.74, 6) is 1.65. The van der Waals surface area contributed by atoms with Crippen molar-refractivity contribution in [2.45, 2.75) is 33.1 Å². The molecule has 3 rings (SSSR count). The van der Waals surface area contributed by atoms with Gasteiger partial charge in [-0.15, -0.1) is 0 Å². The highest BCUT2D eigenvalue weighted by atomic mass is 16.5. The lowest BCUT2D eigenvalue weighted by Gasteiger charge is -2.23. The summed E-state index contributed by atoms with van der Waals surface area (Å²) in [5.41, 5.74) is 1.01. The number of hydrogen-bond donors (Lipinski definition) is 2. The summed E-state index contributed by atoms with van der Waals surface area (Å²) in [4.78, 5) is 15.0. The minimum absolute atomic E-state index is 0.135. The predicted molar refractivity (Wildman–Crippen MR) is 108 cm³/mol. The van der Waals surface area contributed by atoms with E-state index in [1.165, 1.54) is 0 Å². The van der Waals surface area contributed by atoms with Gasteiger partial charge in [0, 0.05) is 24.2 Å². The molecule has 1 aliphatic carbocycles. The highest BCUT2D eigenvalue weighted by Gasteiger charge is 2.57. The number of likely N-dealkylation sites (N-methyl/N-ethyl adjacent to an activating group) is 1. The molecule has 1 atom stereocenters. The van der Waals surface area contributed by atoms with Crippen LogP contribution in [-0.4, -0.2) is 57.2 Å². The molecular weight excluding hydrogens is 342 g/mol. The van der Waals surface area contributed by atoms with Gasteiger partial charge in [0.05, 0.1) is 7.11 Å². The molecule has 6 nitrogen and oxygen atoms in total. The first-order valence-electron chi connectivity index (χ1n) is 10.2. The number of rotatable bonds is 9. The molecule has 1 saturated heterocycles. The number of ether oxygens (including phenoxy) is 2. The average molecular weight is 376 g/mol. The molecule has 1 saturated carbocycles. The Kier molecular flexibility index (Phi) is 6.60. The lowest BCUT2D eigenvalue weighted by molar-refractivity contribution is -0.118. The van der Waals surface area contributed by atoms with Gasteiger partial charge in [0.25, 0.3) is 0 Å². The third-order valence-electron chi connectivity index (χ3n) is 6.10. The molecule has 1 heterocycles. The number of methoxy groups -OCH3 is 1. The molecule has 1 aliphatic heterocycles. The second-order valence-electron chi connectivity index (χ2n) is 7.60. The number of hydrogen-bond acceptors (Lipinski definition) is 5. The van der Waals surface area contributed by atoms with Gasteiger partial charge in [-0.2, -0.15) is 0 Å². The molecule has 1 unspecified atom stereocenters. The van der Waals surface area contributed by atoms with Crippen molar-refractivity contribution >= 4 is 11.6 Å². The van der Waals surface area contributed by atoms with Gasteiger partial charge in [-0.3, -0.25) is 4.79 Å². The quantitative estimate of drug-likeness (QED) is 0.695. The van der Waals surface area contributed by atoms with Gasteiger partial charge in [-0.05, 0) is 63.0 Å². The number of carbonyl (C=O) groups is 1. The van der Waals surface area contributed by atoms with Crippen molar-refractivity contribution in [3.05, 3.63) is 18.2 Å². The Labute approximate surface area is 162 Å². The van der Waals surface area contributed by atoms with Crippen LogP contribution in [0.25, 0.3) is 0 Å². The van der Waals surface area contributed by atoms with Crippen LogP contribution >= 0.6 is 0 Å². The van der Waals surface area contributed by atoms with Crippen molar-refractivity contribution in [1.29, 1.82) is 0 Å². The molecule has 1 aromatic carbocycles. The summed E-state index contributed by atoms with van der Waals surface area (Å²) >= 11 is 0. The number of nitrogens with zero attached hydrogens (tertiary/aromatic N) is 1. The first-order valence-corrected chi connectivity index (χ1v) is 10.2. The van der Waals surface area contributed by atoms with Gasteiger partial charge >= 0.3 is 0 Å². The normalized spacial score (nSPS) is 20.5. The Balaban J connectivity index is 1.58. The molecule has 27 heavy (non-hydrogen) atoms. The van der Waals surface area contributed by atoms with Crippen LogP contribution in [0, 0.1) is 11.3 Å². The summed E-state index contributed by atoms with van der Waals surface area (Å²) in [6.07, 6.45) is 3.23. The van der Waals surface area contributed by atoms with Crippen LogP contribution in [0.5, 0.6) is 11.5 Å². The van der Waals surface area contributed by atoms with Gasteiger partial charge in [-0.1, -0.05) is 13.8 Å². The highest BCUT2D eigenvalue weighted by molar-refractivity contribution is 5.95. The Hall–Kier alpha value is -1.79. The van der Waals surface area contributed by atoms with Crippen LogP contribution in [0.3, 0.4) is 0 Å². The third-order valence-corrected chi connectivity index (χ3v) is 6.10. The zero-order valence-corrected chi connectivity index (χ0v) is 16.8. The number of carbonyl (C=O) groups excluding carboxylic acids is 1. The van der Waals surface area contributed by atoms with Crippen LogP contribution in [-0.2, 0) is 4.79 Å². The van der Waals surface area contributed by atoms with Crippen LogP contribution in [0.4, 0.5) is 5.69 Å². The van der Waals surface area contributed by atoms with E-state index in [-0.39, 0.29) is 17.2 Å². The van der Waals surface area contributed by atoms with E-state index in [4.69, 9.17) is 9.47 Å². The van der Waals surface area contributed by atoms with Gasteiger partial charge in [0.15, 0.2) is 11.5 Å². The van der Waals surface area contributed by atoms with E-state index in [9.17, 15) is 4.79 Å². The zero-order valence-electron chi connectivity index (χ0n) is 16.8. The summed E-state index contributed by atoms with van der Waals surface area (Å²) in [7, 11) is 1.63. The lowest BCUT2D eigenvalue weighted by Crippen LogP contribution is -2.31. The smallest absolute Gasteiger partial charge is 0.228 e. The average Bonchev–Trinajstić information content (AvgIpc) is 3.39. The Morgan fingerprint density at radius 2 is 2.00 bits per heavy atom. The molecular formula is C21H33N3O3. The lowest BCUT2D eigenvalue weighted by atomic mass is 9.92. The number of amides is 1. The van der Waals surface area contributed by atoms with E-state index >= 15 is 0 Å². The highest BCUT2D eigenvalue weighted by Crippen LogP contribution is 2.58. The van der Waals surface area contributed by atoms with Crippen molar-refractivity contribution in [3.8, 4) is 11.5 Å². The molecule has 6 heteroatoms. The zero-order chi connectivity index (χ0) is 19.3. The van der Waals surface area contributed by atoms with E-state index < -0.39 is 0 Å². The van der Waals surface area contributed by atoms with Gasteiger partial charge in [0.1, 0.15) is 6.61 Å². The number of piperidine rings is 1. The first kappa shape index (κ1) is 20.0. The minimum atomic E-state index is 0.135. The SMILES string of the molecule is CCN(CC)CCOc1cc(NC(=O)C2CC23CCNCC3)ccc1OC. The maximum atomic E-state index is 12.7. The van der Waals surface area contributed by atoms with Crippen molar-refractivity contribution in [2.24, 2.45) is 11.3 Å². The van der Waals surface area contributed by atoms with Crippen molar-refractivity contribution in [3.63, 3.8) is 0 Å². The van der Waals surface area contributed by atoms with Crippen LogP contribution in [0.15, 0.2) is 18.2 Å². The monoisotopic (exact) mass is 375 g/mol. The molecule has 1 amide bonds. The summed E-state index contributed by atoms with van der Waals surface area (Å²) < 4.78 is 11.4. The second kappa shape index (κ2) is 8.93. The molecule has 2 aliphatic rings. The fourth-order valence-corrected chi connectivity index (χ4v) is 4.12. The summed E-state index contributed by atoms with van der Waals surface area (Å²) in [6, 6.07) is 5.61. The fraction of sp³-hybridized carbons (Fsp3) is 0.667. The maximum Gasteiger partial charge on any atom is 0.228 e. The van der Waals surface area contributed by atoms with Crippen LogP contribution in [0.2, 0.25) is 0 Å². The second-order valence-corrected chi connectivity index (χ2v) is 7.60. The van der Waals surface area contributed by atoms with E-state index in [1.807, 2.05) is 18.2 Å². The van der Waals surface area contributed by atoms with Gasteiger partial charge in [0.2, 0.25) is 5.91 Å². The first-order chi connectivity index (χ1) is 13.1. The topological polar surface area (TPSA) is 62.8 Å². The standard InChI is InChI=1S/C21H33N3O3/c1-4-24(5-2)12-13-27-19-14-16(6-7-18(19)26-3)23-20(25)17-15-21(17)8-10-22-11-9-21/h6-7,14,17,22H,4-5,8-13,15H2,1-3H3,(H,23,25). The van der Waals surface area contributed by atoms with Gasteiger partial charge < -0.3 is 25.0 Å². The Morgan fingerprint density at radius 3 is 2.67 bits per heavy atom. The molecule has 2 N–H and O–H groups in total. The number of nitrogens with one attached hydrogen (secondary N) is 2. The van der Waals surface area contributed by atoms with E-state index in [0.29, 0.717) is 18.1 Å². The molecule has 150 valence electrons. The maximum absolute atomic E-state index is 12.7. The van der Waals surface area contributed by atoms with Crippen molar-refractivity contribution in [2.75, 3.05) is 51.8 Å². The number of anilines is 1. The molecule has 0 bridgehead atoms. The largest absolute Gasteiger partial charge is 0.493 e. The van der Waals surface area contributed by atoms with E-state index in [2.05, 4.69) is 29.4 Å². The van der Waals surface area contributed by atoms with Crippen molar-refractivity contribution < 1.29 is 14.3 Å². The Bertz CT molecular complexity index is 640.